The molecule has 3 rings (SSSR count). The van der Waals surface area contributed by atoms with Crippen molar-refractivity contribution in [2.45, 2.75) is 32.1 Å². The van der Waals surface area contributed by atoms with E-state index >= 15 is 0 Å². The van der Waals surface area contributed by atoms with E-state index < -0.39 is 17.8 Å². The number of carbonyl (C=O) groups excluding carboxylic acids is 1. The molecule has 0 aliphatic rings. The summed E-state index contributed by atoms with van der Waals surface area (Å²) >= 11 is 0. The van der Waals surface area contributed by atoms with E-state index in [1.54, 1.807) is 48.5 Å². The van der Waals surface area contributed by atoms with Crippen LogP contribution in [0, 0.1) is 0 Å². The van der Waals surface area contributed by atoms with Crippen LogP contribution in [0.5, 0.6) is 0 Å². The van der Waals surface area contributed by atoms with Gasteiger partial charge in [0.15, 0.2) is 5.82 Å². The molecule has 1 heterocycles. The zero-order valence-corrected chi connectivity index (χ0v) is 16.5. The van der Waals surface area contributed by atoms with Gasteiger partial charge in [-0.3, -0.25) is 9.59 Å². The topological polar surface area (TPSA) is 105 Å². The summed E-state index contributed by atoms with van der Waals surface area (Å²) in [6.07, 6.45) is 0. The summed E-state index contributed by atoms with van der Waals surface area (Å²) < 4.78 is 5.37. The van der Waals surface area contributed by atoms with Gasteiger partial charge in [-0.25, -0.2) is 0 Å². The SMILES string of the molecule is CC(C)(C)c1noc(-c2ccccc2C(=O)NCC(C(=O)O)c2ccccc2)n1. The minimum atomic E-state index is -1.00. The number of carboxylic acid groups (broad SMARTS) is 1. The molecule has 2 aromatic carbocycles. The fraction of sp³-hybridized carbons (Fsp3) is 0.273. The first-order chi connectivity index (χ1) is 13.8. The van der Waals surface area contributed by atoms with Gasteiger partial charge in [0.1, 0.15) is 0 Å². The predicted octanol–water partition coefficient (Wildman–Crippen LogP) is 3.63. The monoisotopic (exact) mass is 393 g/mol. The van der Waals surface area contributed by atoms with E-state index in [9.17, 15) is 14.7 Å². The van der Waals surface area contributed by atoms with Crippen LogP contribution in [-0.4, -0.2) is 33.7 Å². The van der Waals surface area contributed by atoms with E-state index in [1.165, 1.54) is 0 Å². The minimum absolute atomic E-state index is 0.0381. The average Bonchev–Trinajstić information content (AvgIpc) is 3.19. The lowest BCUT2D eigenvalue weighted by molar-refractivity contribution is -0.138. The molecule has 0 saturated heterocycles. The molecule has 7 nitrogen and oxygen atoms in total. The number of rotatable bonds is 6. The van der Waals surface area contributed by atoms with E-state index in [-0.39, 0.29) is 17.9 Å². The first kappa shape index (κ1) is 20.3. The van der Waals surface area contributed by atoms with Crippen LogP contribution < -0.4 is 5.32 Å². The zero-order valence-electron chi connectivity index (χ0n) is 16.5. The summed E-state index contributed by atoms with van der Waals surface area (Å²) in [6, 6.07) is 15.7. The van der Waals surface area contributed by atoms with Crippen molar-refractivity contribution in [3.05, 3.63) is 71.5 Å². The Hall–Kier alpha value is -3.48. The maximum Gasteiger partial charge on any atom is 0.312 e. The number of benzene rings is 2. The number of hydrogen-bond acceptors (Lipinski definition) is 5. The van der Waals surface area contributed by atoms with Gasteiger partial charge in [-0.1, -0.05) is 68.4 Å². The van der Waals surface area contributed by atoms with Crippen molar-refractivity contribution in [1.82, 2.24) is 15.5 Å². The van der Waals surface area contributed by atoms with Gasteiger partial charge in [0.2, 0.25) is 0 Å². The molecule has 29 heavy (non-hydrogen) atoms. The van der Waals surface area contributed by atoms with E-state index in [4.69, 9.17) is 4.52 Å². The predicted molar refractivity (Wildman–Crippen MR) is 108 cm³/mol. The molecule has 0 radical (unpaired) electrons. The van der Waals surface area contributed by atoms with Crippen molar-refractivity contribution in [1.29, 1.82) is 0 Å². The van der Waals surface area contributed by atoms with Crippen molar-refractivity contribution >= 4 is 11.9 Å². The number of nitrogens with one attached hydrogen (secondary N) is 1. The highest BCUT2D eigenvalue weighted by atomic mass is 16.5. The molecule has 0 bridgehead atoms. The molecular formula is C22H23N3O4. The maximum atomic E-state index is 12.8. The van der Waals surface area contributed by atoms with Gasteiger partial charge in [-0.05, 0) is 17.7 Å². The Kier molecular flexibility index (Phi) is 5.77. The summed E-state index contributed by atoms with van der Waals surface area (Å²) in [5.74, 6) is -1.46. The fourth-order valence-corrected chi connectivity index (χ4v) is 2.83. The van der Waals surface area contributed by atoms with E-state index in [2.05, 4.69) is 15.5 Å². The van der Waals surface area contributed by atoms with E-state index in [0.29, 0.717) is 22.5 Å². The molecular weight excluding hydrogens is 370 g/mol. The third kappa shape index (κ3) is 4.68. The first-order valence-corrected chi connectivity index (χ1v) is 9.27. The third-order valence-corrected chi connectivity index (χ3v) is 4.47. The van der Waals surface area contributed by atoms with Gasteiger partial charge in [0.05, 0.1) is 17.0 Å². The summed E-state index contributed by atoms with van der Waals surface area (Å²) in [6.45, 7) is 5.87. The maximum absolute atomic E-state index is 12.8. The Morgan fingerprint density at radius 1 is 1.07 bits per heavy atom. The summed E-state index contributed by atoms with van der Waals surface area (Å²) in [7, 11) is 0. The number of amides is 1. The molecule has 3 aromatic rings. The van der Waals surface area contributed by atoms with Crippen molar-refractivity contribution in [2.75, 3.05) is 6.54 Å². The quantitative estimate of drug-likeness (QED) is 0.662. The molecule has 0 aliphatic heterocycles. The number of aliphatic carboxylic acids is 1. The molecule has 1 unspecified atom stereocenters. The summed E-state index contributed by atoms with van der Waals surface area (Å²) in [5.41, 5.74) is 1.18. The second kappa shape index (κ2) is 8.26. The molecule has 0 saturated carbocycles. The standard InChI is InChI=1S/C22H23N3O4/c1-22(2,3)21-24-19(29-25-21)16-12-8-7-11-15(16)18(26)23-13-17(20(27)28)14-9-5-4-6-10-14/h4-12,17H,13H2,1-3H3,(H,23,26)(H,27,28). The Morgan fingerprint density at radius 2 is 1.72 bits per heavy atom. The van der Waals surface area contributed by atoms with Crippen LogP contribution >= 0.6 is 0 Å². The van der Waals surface area contributed by atoms with Crippen LogP contribution in [0.15, 0.2) is 59.1 Å². The van der Waals surface area contributed by atoms with Gasteiger partial charge in [0.25, 0.3) is 11.8 Å². The number of carboxylic acids is 1. The van der Waals surface area contributed by atoms with Gasteiger partial charge in [0, 0.05) is 12.0 Å². The van der Waals surface area contributed by atoms with Crippen molar-refractivity contribution in [2.24, 2.45) is 0 Å². The minimum Gasteiger partial charge on any atom is -0.481 e. The highest BCUT2D eigenvalue weighted by Gasteiger charge is 2.25. The molecule has 150 valence electrons. The molecule has 7 heteroatoms. The molecule has 2 N–H and O–H groups in total. The van der Waals surface area contributed by atoms with Crippen LogP contribution in [-0.2, 0) is 10.2 Å². The molecule has 1 amide bonds. The Morgan fingerprint density at radius 3 is 2.34 bits per heavy atom. The van der Waals surface area contributed by atoms with Crippen LogP contribution in [0.1, 0.15) is 48.4 Å². The smallest absolute Gasteiger partial charge is 0.312 e. The van der Waals surface area contributed by atoms with Crippen LogP contribution in [0.2, 0.25) is 0 Å². The summed E-state index contributed by atoms with van der Waals surface area (Å²) in [5, 5.41) is 16.3. The normalized spacial score (nSPS) is 12.4. The first-order valence-electron chi connectivity index (χ1n) is 9.27. The van der Waals surface area contributed by atoms with Crippen LogP contribution in [0.25, 0.3) is 11.5 Å². The van der Waals surface area contributed by atoms with Crippen LogP contribution in [0.3, 0.4) is 0 Å². The number of aromatic nitrogens is 2. The van der Waals surface area contributed by atoms with E-state index in [0.717, 1.165) is 0 Å². The van der Waals surface area contributed by atoms with Crippen molar-refractivity contribution in [3.8, 4) is 11.5 Å². The van der Waals surface area contributed by atoms with Gasteiger partial charge >= 0.3 is 5.97 Å². The molecule has 0 spiro atoms. The van der Waals surface area contributed by atoms with Crippen LogP contribution in [0.4, 0.5) is 0 Å². The van der Waals surface area contributed by atoms with E-state index in [1.807, 2.05) is 26.8 Å². The lowest BCUT2D eigenvalue weighted by Gasteiger charge is -2.14. The Bertz CT molecular complexity index is 1010. The highest BCUT2D eigenvalue weighted by Crippen LogP contribution is 2.26. The van der Waals surface area contributed by atoms with Crippen molar-refractivity contribution in [3.63, 3.8) is 0 Å². The lowest BCUT2D eigenvalue weighted by atomic mass is 9.96. The Labute approximate surface area is 168 Å². The van der Waals surface area contributed by atoms with Gasteiger partial charge in [-0.2, -0.15) is 4.98 Å². The van der Waals surface area contributed by atoms with Gasteiger partial charge in [-0.15, -0.1) is 0 Å². The molecule has 1 atom stereocenters. The third-order valence-electron chi connectivity index (χ3n) is 4.47. The number of hydrogen-bond donors (Lipinski definition) is 2. The van der Waals surface area contributed by atoms with Gasteiger partial charge < -0.3 is 14.9 Å². The number of carbonyl (C=O) groups is 2. The second-order valence-electron chi connectivity index (χ2n) is 7.73. The Balaban J connectivity index is 1.82. The average molecular weight is 393 g/mol. The fourth-order valence-electron chi connectivity index (χ4n) is 2.83. The molecule has 1 aromatic heterocycles. The second-order valence-corrected chi connectivity index (χ2v) is 7.73. The lowest BCUT2D eigenvalue weighted by Crippen LogP contribution is -2.32. The molecule has 0 aliphatic carbocycles. The largest absolute Gasteiger partial charge is 0.481 e. The molecule has 0 fully saturated rings. The highest BCUT2D eigenvalue weighted by molar-refractivity contribution is 6.00. The van der Waals surface area contributed by atoms with Crippen molar-refractivity contribution < 1.29 is 19.2 Å². The zero-order chi connectivity index (χ0) is 21.0. The summed E-state index contributed by atoms with van der Waals surface area (Å²) in [4.78, 5) is 28.9. The number of nitrogens with zero attached hydrogens (tertiary/aromatic N) is 2.